The number of allylic oxidation sites excluding steroid dienone is 2. The van der Waals surface area contributed by atoms with Crippen molar-refractivity contribution in [1.82, 2.24) is 0 Å². The van der Waals surface area contributed by atoms with Crippen LogP contribution in [0.5, 0.6) is 0 Å². The molecule has 2 fully saturated rings. The number of benzene rings is 4. The molecule has 288 valence electrons. The SMILES string of the molecule is CC(C)(C)c1cc(-c2cccc3c2C=C(C2CC2)[CH]3[Hf+2][CH]2C(C3CC3)=Cc3c(-c4cc(C(C)(C)C)cc(C(C)(C)C)c4)cccc32)cc(C(C)(C)C)c1.[Cl-].[Cl-]. The van der Waals surface area contributed by atoms with Crippen LogP contribution in [0, 0.1) is 11.8 Å². The van der Waals surface area contributed by atoms with Crippen LogP contribution >= 0.6 is 0 Å². The first-order chi connectivity index (χ1) is 24.8. The van der Waals surface area contributed by atoms with Gasteiger partial charge in [0.05, 0.1) is 0 Å². The molecule has 55 heavy (non-hydrogen) atoms. The van der Waals surface area contributed by atoms with Gasteiger partial charge in [-0.05, 0) is 0 Å². The van der Waals surface area contributed by atoms with Crippen LogP contribution in [-0.2, 0) is 44.6 Å². The summed E-state index contributed by atoms with van der Waals surface area (Å²) in [6.45, 7) is 28.4. The van der Waals surface area contributed by atoms with Gasteiger partial charge in [0.25, 0.3) is 0 Å². The van der Waals surface area contributed by atoms with Crippen molar-refractivity contribution in [3.63, 3.8) is 0 Å². The third kappa shape index (κ3) is 8.39. The number of halogens is 2. The Balaban J connectivity index is 0.00000257. The third-order valence-corrected chi connectivity index (χ3v) is 19.6. The van der Waals surface area contributed by atoms with E-state index in [4.69, 9.17) is 0 Å². The average Bonchev–Trinajstić information content (AvgIpc) is 4.02. The summed E-state index contributed by atoms with van der Waals surface area (Å²) in [5.74, 6) is 1.57. The first-order valence-corrected chi connectivity index (χ1v) is 24.7. The summed E-state index contributed by atoms with van der Waals surface area (Å²) < 4.78 is 1.34. The second-order valence-electron chi connectivity index (χ2n) is 21.1. The van der Waals surface area contributed by atoms with E-state index in [-0.39, 0.29) is 46.5 Å². The second-order valence-corrected chi connectivity index (χ2v) is 26.4. The van der Waals surface area contributed by atoms with E-state index in [0.29, 0.717) is 7.35 Å². The van der Waals surface area contributed by atoms with Crippen molar-refractivity contribution in [3.05, 3.63) is 128 Å². The van der Waals surface area contributed by atoms with Crippen molar-refractivity contribution in [2.24, 2.45) is 11.8 Å². The van der Waals surface area contributed by atoms with Crippen molar-refractivity contribution >= 4 is 12.2 Å². The quantitative estimate of drug-likeness (QED) is 0.170. The van der Waals surface area contributed by atoms with Crippen molar-refractivity contribution in [1.29, 1.82) is 0 Å². The zero-order chi connectivity index (χ0) is 37.8. The Bertz CT molecular complexity index is 1940. The maximum Gasteiger partial charge on any atom is -1.00 e. The van der Waals surface area contributed by atoms with Gasteiger partial charge in [-0.15, -0.1) is 0 Å². The van der Waals surface area contributed by atoms with Crippen molar-refractivity contribution in [2.75, 3.05) is 0 Å². The van der Waals surface area contributed by atoms with E-state index in [1.54, 1.807) is 22.3 Å². The number of fused-ring (bicyclic) bond motifs is 2. The summed E-state index contributed by atoms with van der Waals surface area (Å²) in [5.41, 5.74) is 21.8. The first kappa shape index (κ1) is 42.4. The average molecular weight is 936 g/mol. The van der Waals surface area contributed by atoms with Crippen molar-refractivity contribution in [3.8, 4) is 22.3 Å². The van der Waals surface area contributed by atoms with Crippen LogP contribution in [0.1, 0.15) is 161 Å². The van der Waals surface area contributed by atoms with Gasteiger partial charge in [0.15, 0.2) is 0 Å². The van der Waals surface area contributed by atoms with E-state index in [9.17, 15) is 0 Å². The maximum absolute atomic E-state index is 2.71. The van der Waals surface area contributed by atoms with E-state index < -0.39 is 22.9 Å². The molecule has 0 saturated heterocycles. The van der Waals surface area contributed by atoms with Gasteiger partial charge in [-0.25, -0.2) is 0 Å². The van der Waals surface area contributed by atoms with Crippen LogP contribution in [0.2, 0.25) is 0 Å². The molecule has 0 amide bonds. The first-order valence-electron chi connectivity index (χ1n) is 20.5. The smallest absolute Gasteiger partial charge is 1.00 e. The van der Waals surface area contributed by atoms with Gasteiger partial charge in [0.1, 0.15) is 0 Å². The van der Waals surface area contributed by atoms with Gasteiger partial charge < -0.3 is 24.8 Å². The van der Waals surface area contributed by atoms with E-state index in [1.807, 2.05) is 0 Å². The fraction of sp³-hybridized carbons (Fsp3) is 0.462. The molecule has 0 radical (unpaired) electrons. The van der Waals surface area contributed by atoms with Crippen LogP contribution in [-0.4, -0.2) is 0 Å². The largest absolute Gasteiger partial charge is 1.00 e. The molecule has 0 N–H and O–H groups in total. The minimum absolute atomic E-state index is 0. The molecule has 0 heterocycles. The zero-order valence-electron chi connectivity index (χ0n) is 35.5. The molecule has 8 rings (SSSR count). The molecule has 4 aromatic rings. The summed E-state index contributed by atoms with van der Waals surface area (Å²) in [6.07, 6.45) is 10.9. The van der Waals surface area contributed by atoms with E-state index in [1.165, 1.54) is 81.3 Å². The van der Waals surface area contributed by atoms with Gasteiger partial charge in [-0.1, -0.05) is 0 Å². The van der Waals surface area contributed by atoms with Gasteiger partial charge in [-0.3, -0.25) is 0 Å². The molecule has 4 aliphatic carbocycles. The van der Waals surface area contributed by atoms with Gasteiger partial charge in [-0.2, -0.15) is 0 Å². The summed E-state index contributed by atoms with van der Waals surface area (Å²) >= 11 is -1.32. The molecule has 2 saturated carbocycles. The molecule has 0 aromatic heterocycles. The molecular formula is C52H62Cl2Hf. The predicted molar refractivity (Wildman–Crippen MR) is 225 cm³/mol. The van der Waals surface area contributed by atoms with E-state index >= 15 is 0 Å². The number of rotatable bonds is 6. The molecule has 0 nitrogen and oxygen atoms in total. The molecular weight excluding hydrogens is 874 g/mol. The second kappa shape index (κ2) is 14.9. The Hall–Kier alpha value is -2.19. The summed E-state index contributed by atoms with van der Waals surface area (Å²) in [6, 6.07) is 29.7. The zero-order valence-corrected chi connectivity index (χ0v) is 40.6. The predicted octanol–water partition coefficient (Wildman–Crippen LogP) is 8.70. The Morgan fingerprint density at radius 2 is 0.745 bits per heavy atom. The topological polar surface area (TPSA) is 0 Å². The van der Waals surface area contributed by atoms with Gasteiger partial charge >= 0.3 is 335 Å². The van der Waals surface area contributed by atoms with E-state index in [2.05, 4.69) is 168 Å². The van der Waals surface area contributed by atoms with Gasteiger partial charge in [0, 0.05) is 0 Å². The molecule has 4 aromatic carbocycles. The number of hydrogen-bond acceptors (Lipinski definition) is 0. The van der Waals surface area contributed by atoms with Crippen LogP contribution in [0.25, 0.3) is 34.4 Å². The van der Waals surface area contributed by atoms with Crippen molar-refractivity contribution in [2.45, 2.75) is 138 Å². The molecule has 4 aliphatic rings. The van der Waals surface area contributed by atoms with Gasteiger partial charge in [0.2, 0.25) is 0 Å². The molecule has 0 aliphatic heterocycles. The monoisotopic (exact) mass is 936 g/mol. The fourth-order valence-electron chi connectivity index (χ4n) is 8.73. The van der Waals surface area contributed by atoms with E-state index in [0.717, 1.165) is 11.8 Å². The van der Waals surface area contributed by atoms with Crippen LogP contribution < -0.4 is 24.8 Å². The summed E-state index contributed by atoms with van der Waals surface area (Å²) in [7, 11) is 0. The molecule has 0 spiro atoms. The normalized spacial score (nSPS) is 19.4. The summed E-state index contributed by atoms with van der Waals surface area (Å²) in [5, 5.41) is 0. The maximum atomic E-state index is 2.71. The Kier molecular flexibility index (Phi) is 11.5. The molecule has 2 atom stereocenters. The Morgan fingerprint density at radius 3 is 1.02 bits per heavy atom. The summed E-state index contributed by atoms with van der Waals surface area (Å²) in [4.78, 5) is 0. The van der Waals surface area contributed by atoms with Crippen molar-refractivity contribution < 1.29 is 47.7 Å². The Labute approximate surface area is 357 Å². The van der Waals surface area contributed by atoms with Crippen LogP contribution in [0.15, 0.2) is 83.9 Å². The minimum atomic E-state index is -1.32. The van der Waals surface area contributed by atoms with Crippen LogP contribution in [0.4, 0.5) is 0 Å². The third-order valence-electron chi connectivity index (χ3n) is 12.6. The standard InChI is InChI=1S/2C26H31.2ClH.Hf/c2*1-25(2,3)21-13-20(14-22(16-21)26(4,5)6)23-9-7-8-18-12-19(15-24(18)23)17-10-11-17;;;/h2*7-9,12-17H,10-11H2,1-6H3;2*1H;/q;;;;+2/p-2. The Morgan fingerprint density at radius 1 is 0.436 bits per heavy atom. The minimum Gasteiger partial charge on any atom is -1.00 e. The number of hydrogen-bond donors (Lipinski definition) is 0. The molecule has 0 bridgehead atoms. The molecule has 2 unspecified atom stereocenters. The fourth-order valence-corrected chi connectivity index (χ4v) is 16.7. The van der Waals surface area contributed by atoms with Crippen LogP contribution in [0.3, 0.4) is 0 Å². The molecule has 3 heteroatoms.